The molecule has 0 aromatic rings. The molecule has 0 radical (unpaired) electrons. The van der Waals surface area contributed by atoms with Crippen molar-refractivity contribution < 1.29 is 4.79 Å². The summed E-state index contributed by atoms with van der Waals surface area (Å²) in [6, 6.07) is 0. The van der Waals surface area contributed by atoms with Crippen molar-refractivity contribution in [2.24, 2.45) is 17.3 Å². The largest absolute Gasteiger partial charge is 0.342 e. The van der Waals surface area contributed by atoms with Gasteiger partial charge in [-0.2, -0.15) is 0 Å². The van der Waals surface area contributed by atoms with Gasteiger partial charge in [0.15, 0.2) is 0 Å². The van der Waals surface area contributed by atoms with E-state index in [2.05, 4.69) is 11.8 Å². The first-order valence-corrected chi connectivity index (χ1v) is 5.34. The number of carbonyl (C=O) groups is 1. The Bertz CT molecular complexity index is 230. The molecule has 0 aromatic carbocycles. The minimum absolute atomic E-state index is 0.168. The molecular weight excluding hydrogens is 162 g/mol. The Morgan fingerprint density at radius 3 is 2.46 bits per heavy atom. The van der Waals surface area contributed by atoms with Crippen LogP contribution in [0.25, 0.3) is 0 Å². The van der Waals surface area contributed by atoms with Crippen LogP contribution < -0.4 is 0 Å². The lowest BCUT2D eigenvalue weighted by Gasteiger charge is -2.18. The molecule has 0 bridgehead atoms. The fourth-order valence-corrected chi connectivity index (χ4v) is 2.47. The first kappa shape index (κ1) is 9.04. The van der Waals surface area contributed by atoms with E-state index in [1.165, 1.54) is 12.8 Å². The highest BCUT2D eigenvalue weighted by Gasteiger charge is 2.53. The maximum Gasteiger partial charge on any atom is 0.225 e. The minimum atomic E-state index is 0.168. The van der Waals surface area contributed by atoms with Gasteiger partial charge >= 0.3 is 0 Å². The average molecular weight is 181 g/mol. The second-order valence-corrected chi connectivity index (χ2v) is 5.14. The molecule has 0 unspecified atom stereocenters. The molecule has 1 aliphatic heterocycles. The summed E-state index contributed by atoms with van der Waals surface area (Å²) in [6.07, 6.45) is 2.69. The molecule has 2 nitrogen and oxygen atoms in total. The monoisotopic (exact) mass is 181 g/mol. The SMILES string of the molecule is CC(C)C(=O)N1C[C@@H](C)C2(CC2)C1. The lowest BCUT2D eigenvalue weighted by atomic mass is 9.95. The molecular formula is C11H19NO. The van der Waals surface area contributed by atoms with Crippen LogP contribution in [0.2, 0.25) is 0 Å². The quantitative estimate of drug-likeness (QED) is 0.605. The van der Waals surface area contributed by atoms with Crippen LogP contribution in [0, 0.1) is 17.3 Å². The summed E-state index contributed by atoms with van der Waals surface area (Å²) >= 11 is 0. The molecule has 1 saturated heterocycles. The van der Waals surface area contributed by atoms with E-state index in [0.29, 0.717) is 11.3 Å². The maximum atomic E-state index is 11.7. The van der Waals surface area contributed by atoms with Crippen molar-refractivity contribution in [3.05, 3.63) is 0 Å². The maximum absolute atomic E-state index is 11.7. The Labute approximate surface area is 80.3 Å². The molecule has 1 heterocycles. The number of likely N-dealkylation sites (tertiary alicyclic amines) is 1. The third kappa shape index (κ3) is 1.36. The number of carbonyl (C=O) groups excluding carboxylic acids is 1. The fourth-order valence-electron chi connectivity index (χ4n) is 2.47. The fraction of sp³-hybridized carbons (Fsp3) is 0.909. The first-order chi connectivity index (χ1) is 6.05. The van der Waals surface area contributed by atoms with Crippen LogP contribution in [-0.2, 0) is 4.79 Å². The van der Waals surface area contributed by atoms with Crippen molar-refractivity contribution in [3.8, 4) is 0 Å². The Hall–Kier alpha value is -0.530. The van der Waals surface area contributed by atoms with Crippen LogP contribution in [0.3, 0.4) is 0 Å². The van der Waals surface area contributed by atoms with Gasteiger partial charge in [-0.1, -0.05) is 20.8 Å². The predicted molar refractivity (Wildman–Crippen MR) is 52.2 cm³/mol. The van der Waals surface area contributed by atoms with Gasteiger partial charge in [-0.05, 0) is 24.2 Å². The van der Waals surface area contributed by atoms with Crippen molar-refractivity contribution in [1.82, 2.24) is 4.90 Å². The van der Waals surface area contributed by atoms with E-state index >= 15 is 0 Å². The van der Waals surface area contributed by atoms with Gasteiger partial charge in [-0.3, -0.25) is 4.79 Å². The molecule has 2 fully saturated rings. The first-order valence-electron chi connectivity index (χ1n) is 5.34. The smallest absolute Gasteiger partial charge is 0.225 e. The summed E-state index contributed by atoms with van der Waals surface area (Å²) in [5, 5.41) is 0. The molecule has 2 rings (SSSR count). The van der Waals surface area contributed by atoms with Crippen LogP contribution in [0.1, 0.15) is 33.6 Å². The molecule has 2 aliphatic rings. The number of hydrogen-bond donors (Lipinski definition) is 0. The zero-order valence-corrected chi connectivity index (χ0v) is 8.84. The van der Waals surface area contributed by atoms with Gasteiger partial charge in [0.1, 0.15) is 0 Å². The van der Waals surface area contributed by atoms with Crippen molar-refractivity contribution >= 4 is 5.91 Å². The Morgan fingerprint density at radius 1 is 1.46 bits per heavy atom. The minimum Gasteiger partial charge on any atom is -0.342 e. The van der Waals surface area contributed by atoms with Crippen molar-refractivity contribution in [1.29, 1.82) is 0 Å². The van der Waals surface area contributed by atoms with Gasteiger partial charge in [0.25, 0.3) is 0 Å². The molecule has 1 amide bonds. The van der Waals surface area contributed by atoms with Gasteiger partial charge in [0.2, 0.25) is 5.91 Å². The van der Waals surface area contributed by atoms with Gasteiger partial charge in [-0.15, -0.1) is 0 Å². The van der Waals surface area contributed by atoms with Gasteiger partial charge in [0, 0.05) is 19.0 Å². The Kier molecular flexibility index (Phi) is 1.90. The van der Waals surface area contributed by atoms with E-state index in [-0.39, 0.29) is 5.92 Å². The molecule has 13 heavy (non-hydrogen) atoms. The summed E-state index contributed by atoms with van der Waals surface area (Å²) < 4.78 is 0. The topological polar surface area (TPSA) is 20.3 Å². The molecule has 74 valence electrons. The van der Waals surface area contributed by atoms with E-state index in [9.17, 15) is 4.79 Å². The van der Waals surface area contributed by atoms with Crippen LogP contribution in [0.4, 0.5) is 0 Å². The molecule has 1 atom stereocenters. The number of hydrogen-bond acceptors (Lipinski definition) is 1. The third-order valence-corrected chi connectivity index (χ3v) is 3.74. The van der Waals surface area contributed by atoms with Crippen molar-refractivity contribution in [2.45, 2.75) is 33.6 Å². The van der Waals surface area contributed by atoms with Crippen LogP contribution in [-0.4, -0.2) is 23.9 Å². The van der Waals surface area contributed by atoms with Gasteiger partial charge in [0.05, 0.1) is 0 Å². The molecule has 0 aromatic heterocycles. The summed E-state index contributed by atoms with van der Waals surface area (Å²) in [4.78, 5) is 13.8. The molecule has 1 aliphatic carbocycles. The van der Waals surface area contributed by atoms with Gasteiger partial charge < -0.3 is 4.90 Å². The molecule has 2 heteroatoms. The van der Waals surface area contributed by atoms with E-state index in [1.807, 2.05) is 13.8 Å². The molecule has 1 saturated carbocycles. The zero-order chi connectivity index (χ0) is 9.64. The second-order valence-electron chi connectivity index (χ2n) is 5.14. The van der Waals surface area contributed by atoms with Crippen LogP contribution in [0.5, 0.6) is 0 Å². The average Bonchev–Trinajstić information content (AvgIpc) is 2.75. The zero-order valence-electron chi connectivity index (χ0n) is 8.84. The van der Waals surface area contributed by atoms with Crippen LogP contribution >= 0.6 is 0 Å². The highest BCUT2D eigenvalue weighted by Crippen LogP contribution is 2.56. The number of nitrogens with zero attached hydrogens (tertiary/aromatic N) is 1. The van der Waals surface area contributed by atoms with Gasteiger partial charge in [-0.25, -0.2) is 0 Å². The summed E-state index contributed by atoms with van der Waals surface area (Å²) in [7, 11) is 0. The summed E-state index contributed by atoms with van der Waals surface area (Å²) in [5.41, 5.74) is 0.546. The van der Waals surface area contributed by atoms with Crippen LogP contribution in [0.15, 0.2) is 0 Å². The predicted octanol–water partition coefficient (Wildman–Crippen LogP) is 1.90. The normalized spacial score (nSPS) is 30.2. The lowest BCUT2D eigenvalue weighted by molar-refractivity contribution is -0.133. The van der Waals surface area contributed by atoms with Crippen molar-refractivity contribution in [3.63, 3.8) is 0 Å². The third-order valence-electron chi connectivity index (χ3n) is 3.74. The standard InChI is InChI=1S/C11H19NO/c1-8(2)10(13)12-6-9(3)11(7-12)4-5-11/h8-9H,4-7H2,1-3H3/t9-/m1/s1. The summed E-state index contributed by atoms with van der Waals surface area (Å²) in [6.45, 7) is 8.30. The van der Waals surface area contributed by atoms with E-state index < -0.39 is 0 Å². The highest BCUT2D eigenvalue weighted by molar-refractivity contribution is 5.78. The number of amides is 1. The highest BCUT2D eigenvalue weighted by atomic mass is 16.2. The second kappa shape index (κ2) is 2.73. The number of rotatable bonds is 1. The summed E-state index contributed by atoms with van der Waals surface area (Å²) in [5.74, 6) is 1.24. The molecule has 0 N–H and O–H groups in total. The molecule has 1 spiro atoms. The van der Waals surface area contributed by atoms with E-state index in [4.69, 9.17) is 0 Å². The van der Waals surface area contributed by atoms with E-state index in [1.54, 1.807) is 0 Å². The lowest BCUT2D eigenvalue weighted by Crippen LogP contribution is -2.32. The van der Waals surface area contributed by atoms with E-state index in [0.717, 1.165) is 19.0 Å². The van der Waals surface area contributed by atoms with Crippen molar-refractivity contribution in [2.75, 3.05) is 13.1 Å². The Morgan fingerprint density at radius 2 is 2.08 bits per heavy atom. The Balaban J connectivity index is 2.01.